The number of methoxy groups -OCH3 is 1. The topological polar surface area (TPSA) is 78.9 Å². The van der Waals surface area contributed by atoms with Gasteiger partial charge in [-0.05, 0) is 25.0 Å². The Balaban J connectivity index is 2.20. The van der Waals surface area contributed by atoms with Gasteiger partial charge in [0.05, 0.1) is 19.4 Å². The third kappa shape index (κ3) is 3.63. The summed E-state index contributed by atoms with van der Waals surface area (Å²) in [6.45, 7) is 0.145. The van der Waals surface area contributed by atoms with Crippen LogP contribution in [0.25, 0.3) is 0 Å². The van der Waals surface area contributed by atoms with E-state index in [1.165, 1.54) is 23.5 Å². The van der Waals surface area contributed by atoms with Crippen LogP contribution in [0.3, 0.4) is 0 Å². The summed E-state index contributed by atoms with van der Waals surface area (Å²) in [6, 6.07) is 3.33. The van der Waals surface area contributed by atoms with Crippen LogP contribution < -0.4 is 9.46 Å². The number of aliphatic hydroxyl groups excluding tert-OH is 1. The second kappa shape index (κ2) is 6.59. The predicted molar refractivity (Wildman–Crippen MR) is 76.9 cm³/mol. The lowest BCUT2D eigenvalue weighted by Gasteiger charge is -2.33. The minimum Gasteiger partial charge on any atom is -0.494 e. The van der Waals surface area contributed by atoms with Gasteiger partial charge in [0.15, 0.2) is 11.6 Å². The number of benzene rings is 1. The Labute approximate surface area is 123 Å². The van der Waals surface area contributed by atoms with Crippen LogP contribution in [-0.2, 0) is 10.2 Å². The Hall–Kier alpha value is -1.38. The van der Waals surface area contributed by atoms with Gasteiger partial charge in [-0.25, -0.2) is 4.39 Å². The molecule has 1 aliphatic heterocycles. The van der Waals surface area contributed by atoms with Crippen LogP contribution in [-0.4, -0.2) is 44.1 Å². The van der Waals surface area contributed by atoms with Crippen LogP contribution in [0.2, 0.25) is 0 Å². The maximum atomic E-state index is 13.3. The number of nitrogens with one attached hydrogen (secondary N) is 1. The van der Waals surface area contributed by atoms with Gasteiger partial charge < -0.3 is 9.84 Å². The van der Waals surface area contributed by atoms with E-state index in [0.29, 0.717) is 13.0 Å². The molecule has 6 nitrogen and oxygen atoms in total. The van der Waals surface area contributed by atoms with Crippen molar-refractivity contribution in [2.45, 2.75) is 25.3 Å². The molecule has 0 saturated carbocycles. The number of rotatable bonds is 5. The SMILES string of the molecule is COc1cc(NS(=O)(=O)N2CCCCC2CO)ccc1F. The number of piperidine rings is 1. The Morgan fingerprint density at radius 2 is 2.24 bits per heavy atom. The zero-order valence-corrected chi connectivity index (χ0v) is 12.6. The monoisotopic (exact) mass is 318 g/mol. The molecule has 1 aromatic carbocycles. The molecule has 1 aromatic rings. The largest absolute Gasteiger partial charge is 0.494 e. The molecule has 1 atom stereocenters. The molecule has 21 heavy (non-hydrogen) atoms. The molecular weight excluding hydrogens is 299 g/mol. The lowest BCUT2D eigenvalue weighted by atomic mass is 10.1. The zero-order chi connectivity index (χ0) is 15.5. The third-order valence-corrected chi connectivity index (χ3v) is 5.08. The van der Waals surface area contributed by atoms with Crippen LogP contribution in [0.1, 0.15) is 19.3 Å². The summed E-state index contributed by atoms with van der Waals surface area (Å²) in [4.78, 5) is 0. The minimum absolute atomic E-state index is 0.0347. The second-order valence-electron chi connectivity index (χ2n) is 4.90. The van der Waals surface area contributed by atoms with Crippen LogP contribution in [0.4, 0.5) is 10.1 Å². The highest BCUT2D eigenvalue weighted by Crippen LogP contribution is 2.25. The van der Waals surface area contributed by atoms with E-state index >= 15 is 0 Å². The molecule has 1 fully saturated rings. The van der Waals surface area contributed by atoms with Crippen LogP contribution in [0, 0.1) is 5.82 Å². The number of aliphatic hydroxyl groups is 1. The summed E-state index contributed by atoms with van der Waals surface area (Å²) in [5, 5.41) is 9.31. The Morgan fingerprint density at radius 3 is 2.90 bits per heavy atom. The van der Waals surface area contributed by atoms with Crippen LogP contribution in [0.5, 0.6) is 5.75 Å². The lowest BCUT2D eigenvalue weighted by molar-refractivity contribution is 0.156. The smallest absolute Gasteiger partial charge is 0.301 e. The molecule has 118 valence electrons. The van der Waals surface area contributed by atoms with Gasteiger partial charge in [0.1, 0.15) is 0 Å². The molecule has 2 rings (SSSR count). The Morgan fingerprint density at radius 1 is 1.48 bits per heavy atom. The molecule has 1 unspecified atom stereocenters. The summed E-state index contributed by atoms with van der Waals surface area (Å²) in [6.07, 6.45) is 2.27. The molecule has 1 aliphatic rings. The Bertz CT molecular complexity index is 594. The number of hydrogen-bond acceptors (Lipinski definition) is 4. The summed E-state index contributed by atoms with van der Waals surface area (Å²) in [7, 11) is -2.48. The molecule has 1 heterocycles. The number of anilines is 1. The predicted octanol–water partition coefficient (Wildman–Crippen LogP) is 1.34. The van der Waals surface area contributed by atoms with E-state index < -0.39 is 22.1 Å². The normalized spacial score (nSPS) is 20.2. The second-order valence-corrected chi connectivity index (χ2v) is 6.52. The first-order chi connectivity index (χ1) is 9.97. The third-order valence-electron chi connectivity index (χ3n) is 3.49. The van der Waals surface area contributed by atoms with Crippen molar-refractivity contribution in [3.05, 3.63) is 24.0 Å². The van der Waals surface area contributed by atoms with Gasteiger partial charge in [0.2, 0.25) is 0 Å². The van der Waals surface area contributed by atoms with Gasteiger partial charge >= 0.3 is 10.2 Å². The van der Waals surface area contributed by atoms with E-state index in [1.54, 1.807) is 0 Å². The van der Waals surface area contributed by atoms with Gasteiger partial charge in [0, 0.05) is 18.7 Å². The van der Waals surface area contributed by atoms with Crippen molar-refractivity contribution in [1.29, 1.82) is 0 Å². The van der Waals surface area contributed by atoms with Crippen molar-refractivity contribution in [2.75, 3.05) is 25.0 Å². The van der Waals surface area contributed by atoms with Gasteiger partial charge in [-0.2, -0.15) is 12.7 Å². The maximum Gasteiger partial charge on any atom is 0.301 e. The first-order valence-corrected chi connectivity index (χ1v) is 8.16. The average molecular weight is 318 g/mol. The van der Waals surface area contributed by atoms with Gasteiger partial charge in [0.25, 0.3) is 0 Å². The molecular formula is C13H19FN2O4S. The molecule has 8 heteroatoms. The molecule has 0 aromatic heterocycles. The highest BCUT2D eigenvalue weighted by molar-refractivity contribution is 7.90. The van der Waals surface area contributed by atoms with E-state index in [2.05, 4.69) is 4.72 Å². The fourth-order valence-corrected chi connectivity index (χ4v) is 3.88. The first kappa shape index (κ1) is 16.0. The average Bonchev–Trinajstić information content (AvgIpc) is 2.49. The molecule has 0 amide bonds. The quantitative estimate of drug-likeness (QED) is 0.859. The van der Waals surface area contributed by atoms with E-state index in [4.69, 9.17) is 4.74 Å². The van der Waals surface area contributed by atoms with Crippen molar-refractivity contribution in [3.8, 4) is 5.75 Å². The summed E-state index contributed by atoms with van der Waals surface area (Å²) in [5.74, 6) is -0.598. The van der Waals surface area contributed by atoms with Gasteiger partial charge in [-0.3, -0.25) is 4.72 Å². The maximum absolute atomic E-state index is 13.3. The molecule has 2 N–H and O–H groups in total. The van der Waals surface area contributed by atoms with E-state index in [1.807, 2.05) is 0 Å². The summed E-state index contributed by atoms with van der Waals surface area (Å²) < 4.78 is 46.6. The molecule has 0 spiro atoms. The number of nitrogens with zero attached hydrogens (tertiary/aromatic N) is 1. The van der Waals surface area contributed by atoms with Gasteiger partial charge in [-0.15, -0.1) is 0 Å². The van der Waals surface area contributed by atoms with Crippen molar-refractivity contribution in [2.24, 2.45) is 0 Å². The Kier molecular flexibility index (Phi) is 5.02. The van der Waals surface area contributed by atoms with Crippen molar-refractivity contribution < 1.29 is 22.7 Å². The van der Waals surface area contributed by atoms with E-state index in [9.17, 15) is 17.9 Å². The summed E-state index contributed by atoms with van der Waals surface area (Å²) >= 11 is 0. The van der Waals surface area contributed by atoms with E-state index in [0.717, 1.165) is 18.9 Å². The van der Waals surface area contributed by atoms with Crippen molar-refractivity contribution >= 4 is 15.9 Å². The zero-order valence-electron chi connectivity index (χ0n) is 11.8. The molecule has 0 aliphatic carbocycles. The van der Waals surface area contributed by atoms with Crippen LogP contribution >= 0.6 is 0 Å². The van der Waals surface area contributed by atoms with Crippen molar-refractivity contribution in [1.82, 2.24) is 4.31 Å². The number of ether oxygens (including phenoxy) is 1. The van der Waals surface area contributed by atoms with E-state index in [-0.39, 0.29) is 18.0 Å². The molecule has 1 saturated heterocycles. The number of halogens is 1. The highest BCUT2D eigenvalue weighted by Gasteiger charge is 2.31. The fraction of sp³-hybridized carbons (Fsp3) is 0.538. The minimum atomic E-state index is -3.79. The highest BCUT2D eigenvalue weighted by atomic mass is 32.2. The van der Waals surface area contributed by atoms with Crippen LogP contribution in [0.15, 0.2) is 18.2 Å². The number of hydrogen-bond donors (Lipinski definition) is 2. The van der Waals surface area contributed by atoms with Gasteiger partial charge in [-0.1, -0.05) is 6.42 Å². The summed E-state index contributed by atoms with van der Waals surface area (Å²) in [5.41, 5.74) is 0.218. The molecule has 0 bridgehead atoms. The lowest BCUT2D eigenvalue weighted by Crippen LogP contribution is -2.47. The fourth-order valence-electron chi connectivity index (χ4n) is 2.40. The first-order valence-electron chi connectivity index (χ1n) is 6.72. The van der Waals surface area contributed by atoms with Crippen molar-refractivity contribution in [3.63, 3.8) is 0 Å². The molecule has 0 radical (unpaired) electrons. The standard InChI is InChI=1S/C13H19FN2O4S/c1-20-13-8-10(5-6-12(13)14)15-21(18,19)16-7-3-2-4-11(16)9-17/h5-6,8,11,15,17H,2-4,7,9H2,1H3.